The molecule has 1 N–H and O–H groups in total. The highest BCUT2D eigenvalue weighted by Crippen LogP contribution is 2.33. The van der Waals surface area contributed by atoms with E-state index in [4.69, 9.17) is 0 Å². The summed E-state index contributed by atoms with van der Waals surface area (Å²) in [5.41, 5.74) is -0.431. The number of nitrogens with one attached hydrogen (secondary N) is 1. The van der Waals surface area contributed by atoms with Crippen LogP contribution in [-0.4, -0.2) is 34.5 Å². The van der Waals surface area contributed by atoms with Crippen LogP contribution in [-0.2, 0) is 4.79 Å². The first-order chi connectivity index (χ1) is 7.34. The monoisotopic (exact) mass is 224 g/mol. The number of hydrogen-bond donors (Lipinski definition) is 1. The maximum Gasteiger partial charge on any atom is 0.243 e. The van der Waals surface area contributed by atoms with Crippen molar-refractivity contribution in [1.82, 2.24) is 10.2 Å². The van der Waals surface area contributed by atoms with E-state index in [0.717, 1.165) is 6.54 Å². The highest BCUT2D eigenvalue weighted by Gasteiger charge is 2.47. The topological polar surface area (TPSA) is 32.3 Å². The van der Waals surface area contributed by atoms with Gasteiger partial charge in [-0.2, -0.15) is 0 Å². The number of carbonyl (C=O) groups excluding carboxylic acids is 1. The highest BCUT2D eigenvalue weighted by atomic mass is 16.2. The number of hydrogen-bond acceptors (Lipinski definition) is 2. The molecular weight excluding hydrogens is 200 g/mol. The smallest absolute Gasteiger partial charge is 0.243 e. The third-order valence-corrected chi connectivity index (χ3v) is 4.06. The zero-order valence-corrected chi connectivity index (χ0v) is 11.0. The average molecular weight is 224 g/mol. The Labute approximate surface area is 98.6 Å². The van der Waals surface area contributed by atoms with Gasteiger partial charge < -0.3 is 10.2 Å². The summed E-state index contributed by atoms with van der Waals surface area (Å²) < 4.78 is 0. The van der Waals surface area contributed by atoms with Crippen molar-refractivity contribution >= 4 is 5.91 Å². The second kappa shape index (κ2) is 3.73. The van der Waals surface area contributed by atoms with E-state index in [2.05, 4.69) is 24.1 Å². The summed E-state index contributed by atoms with van der Waals surface area (Å²) in [5.74, 6) is 0.274. The molecule has 16 heavy (non-hydrogen) atoms. The molecule has 0 atom stereocenters. The molecule has 0 spiro atoms. The molecule has 0 bridgehead atoms. The minimum atomic E-state index is -0.391. The minimum absolute atomic E-state index is 0.0401. The van der Waals surface area contributed by atoms with Crippen LogP contribution in [0.15, 0.2) is 0 Å². The van der Waals surface area contributed by atoms with Crippen molar-refractivity contribution in [1.29, 1.82) is 0 Å². The molecule has 1 saturated carbocycles. The van der Waals surface area contributed by atoms with Crippen molar-refractivity contribution in [2.75, 3.05) is 6.54 Å². The van der Waals surface area contributed by atoms with Crippen molar-refractivity contribution in [3.63, 3.8) is 0 Å². The summed E-state index contributed by atoms with van der Waals surface area (Å²) >= 11 is 0. The SMILES string of the molecule is CC1(C)NCC(C)(C)N(C2CCCC2)C1=O. The van der Waals surface area contributed by atoms with Gasteiger partial charge in [0.05, 0.1) is 11.1 Å². The predicted octanol–water partition coefficient (Wildman–Crippen LogP) is 1.92. The van der Waals surface area contributed by atoms with Crippen LogP contribution in [0.2, 0.25) is 0 Å². The van der Waals surface area contributed by atoms with Gasteiger partial charge in [-0.3, -0.25) is 4.79 Å². The summed E-state index contributed by atoms with van der Waals surface area (Å²) in [6, 6.07) is 0.476. The van der Waals surface area contributed by atoms with Crippen LogP contribution in [0.4, 0.5) is 0 Å². The van der Waals surface area contributed by atoms with Crippen molar-refractivity contribution in [2.45, 2.75) is 70.5 Å². The first-order valence-electron chi connectivity index (χ1n) is 6.43. The van der Waals surface area contributed by atoms with Crippen LogP contribution in [0.3, 0.4) is 0 Å². The third kappa shape index (κ3) is 1.86. The van der Waals surface area contributed by atoms with Crippen LogP contribution in [0.5, 0.6) is 0 Å². The number of rotatable bonds is 1. The van der Waals surface area contributed by atoms with Crippen LogP contribution < -0.4 is 5.32 Å². The Morgan fingerprint density at radius 3 is 2.31 bits per heavy atom. The standard InChI is InChI=1S/C13H24N2O/c1-12(2)9-14-13(3,4)11(16)15(12)10-7-5-6-8-10/h10,14H,5-9H2,1-4H3. The molecule has 2 fully saturated rings. The lowest BCUT2D eigenvalue weighted by Gasteiger charge is -2.51. The summed E-state index contributed by atoms with van der Waals surface area (Å²) in [7, 11) is 0. The summed E-state index contributed by atoms with van der Waals surface area (Å²) in [5, 5.41) is 3.36. The van der Waals surface area contributed by atoms with Gasteiger partial charge in [-0.05, 0) is 40.5 Å². The second-order valence-electron chi connectivity index (χ2n) is 6.40. The quantitative estimate of drug-likeness (QED) is 0.738. The lowest BCUT2D eigenvalue weighted by Crippen LogP contribution is -2.71. The molecule has 0 unspecified atom stereocenters. The van der Waals surface area contributed by atoms with E-state index < -0.39 is 5.54 Å². The number of amides is 1. The van der Waals surface area contributed by atoms with Gasteiger partial charge in [0.25, 0.3) is 0 Å². The Bertz CT molecular complexity index is 290. The molecule has 0 aromatic heterocycles. The summed E-state index contributed by atoms with van der Waals surface area (Å²) in [6.07, 6.45) is 4.92. The maximum atomic E-state index is 12.5. The fraction of sp³-hybridized carbons (Fsp3) is 0.923. The molecule has 2 rings (SSSR count). The van der Waals surface area contributed by atoms with Gasteiger partial charge in [-0.25, -0.2) is 0 Å². The molecule has 0 aromatic carbocycles. The predicted molar refractivity (Wildman–Crippen MR) is 65.3 cm³/mol. The Hall–Kier alpha value is -0.570. The lowest BCUT2D eigenvalue weighted by atomic mass is 9.88. The van der Waals surface area contributed by atoms with Gasteiger partial charge in [0, 0.05) is 12.6 Å². The normalized spacial score (nSPS) is 29.8. The molecule has 1 aliphatic carbocycles. The molecule has 3 heteroatoms. The fourth-order valence-electron chi connectivity index (χ4n) is 3.00. The van der Waals surface area contributed by atoms with E-state index >= 15 is 0 Å². The number of piperazine rings is 1. The molecule has 2 aliphatic rings. The van der Waals surface area contributed by atoms with E-state index in [0.29, 0.717) is 6.04 Å². The van der Waals surface area contributed by atoms with Crippen molar-refractivity contribution < 1.29 is 4.79 Å². The van der Waals surface area contributed by atoms with E-state index in [1.54, 1.807) is 0 Å². The molecule has 1 heterocycles. The van der Waals surface area contributed by atoms with Gasteiger partial charge in [0.2, 0.25) is 5.91 Å². The molecule has 1 aliphatic heterocycles. The number of nitrogens with zero attached hydrogens (tertiary/aromatic N) is 1. The molecule has 1 amide bonds. The molecule has 0 aromatic rings. The first-order valence-corrected chi connectivity index (χ1v) is 6.43. The lowest BCUT2D eigenvalue weighted by molar-refractivity contribution is -0.151. The molecule has 0 radical (unpaired) electrons. The Morgan fingerprint density at radius 1 is 1.19 bits per heavy atom. The minimum Gasteiger partial charge on any atom is -0.332 e. The maximum absolute atomic E-state index is 12.5. The Balaban J connectivity index is 2.25. The highest BCUT2D eigenvalue weighted by molar-refractivity contribution is 5.87. The van der Waals surface area contributed by atoms with Gasteiger partial charge in [0.15, 0.2) is 0 Å². The molecule has 3 nitrogen and oxygen atoms in total. The Morgan fingerprint density at radius 2 is 1.75 bits per heavy atom. The Kier molecular flexibility index (Phi) is 2.77. The molecular formula is C13H24N2O. The van der Waals surface area contributed by atoms with Crippen LogP contribution in [0.1, 0.15) is 53.4 Å². The van der Waals surface area contributed by atoms with Crippen LogP contribution in [0, 0.1) is 0 Å². The van der Waals surface area contributed by atoms with Gasteiger partial charge in [-0.15, -0.1) is 0 Å². The average Bonchev–Trinajstić information content (AvgIpc) is 2.66. The zero-order chi connectivity index (χ0) is 12.0. The van der Waals surface area contributed by atoms with E-state index in [1.165, 1.54) is 25.7 Å². The van der Waals surface area contributed by atoms with Crippen LogP contribution >= 0.6 is 0 Å². The molecule has 1 saturated heterocycles. The molecule has 92 valence electrons. The van der Waals surface area contributed by atoms with E-state index in [-0.39, 0.29) is 11.4 Å². The van der Waals surface area contributed by atoms with E-state index in [1.807, 2.05) is 13.8 Å². The zero-order valence-electron chi connectivity index (χ0n) is 11.0. The second-order valence-corrected chi connectivity index (χ2v) is 6.40. The van der Waals surface area contributed by atoms with Crippen molar-refractivity contribution in [3.05, 3.63) is 0 Å². The van der Waals surface area contributed by atoms with Crippen molar-refractivity contribution in [2.24, 2.45) is 0 Å². The van der Waals surface area contributed by atoms with E-state index in [9.17, 15) is 4.79 Å². The number of carbonyl (C=O) groups is 1. The summed E-state index contributed by atoms with van der Waals surface area (Å²) in [4.78, 5) is 14.7. The van der Waals surface area contributed by atoms with Gasteiger partial charge >= 0.3 is 0 Å². The first kappa shape index (κ1) is 11.9. The summed E-state index contributed by atoms with van der Waals surface area (Å²) in [6.45, 7) is 9.22. The largest absolute Gasteiger partial charge is 0.332 e. The van der Waals surface area contributed by atoms with Gasteiger partial charge in [-0.1, -0.05) is 12.8 Å². The van der Waals surface area contributed by atoms with Crippen molar-refractivity contribution in [3.8, 4) is 0 Å². The van der Waals surface area contributed by atoms with Gasteiger partial charge in [0.1, 0.15) is 0 Å². The third-order valence-electron chi connectivity index (χ3n) is 4.06. The fourth-order valence-corrected chi connectivity index (χ4v) is 3.00. The van der Waals surface area contributed by atoms with Crippen LogP contribution in [0.25, 0.3) is 0 Å².